The van der Waals surface area contributed by atoms with Gasteiger partial charge in [0.25, 0.3) is 0 Å². The van der Waals surface area contributed by atoms with Crippen LogP contribution in [0.2, 0.25) is 0 Å². The van der Waals surface area contributed by atoms with Crippen molar-refractivity contribution in [3.05, 3.63) is 0 Å². The molecule has 1 saturated heterocycles. The number of nitrogens with zero attached hydrogens (tertiary/aromatic N) is 1. The lowest BCUT2D eigenvalue weighted by Gasteiger charge is -2.32. The van der Waals surface area contributed by atoms with E-state index in [1.807, 2.05) is 25.7 Å². The van der Waals surface area contributed by atoms with Gasteiger partial charge < -0.3 is 15.7 Å². The summed E-state index contributed by atoms with van der Waals surface area (Å²) < 4.78 is 0. The van der Waals surface area contributed by atoms with Crippen LogP contribution in [0.5, 0.6) is 0 Å². The lowest BCUT2D eigenvalue weighted by atomic mass is 9.98. The summed E-state index contributed by atoms with van der Waals surface area (Å²) in [5.74, 6) is -0.460. The second kappa shape index (κ2) is 6.75. The molecule has 1 fully saturated rings. The van der Waals surface area contributed by atoms with Gasteiger partial charge >= 0.3 is 12.0 Å². The van der Waals surface area contributed by atoms with E-state index in [-0.39, 0.29) is 18.1 Å². The highest BCUT2D eigenvalue weighted by Gasteiger charge is 2.22. The summed E-state index contributed by atoms with van der Waals surface area (Å²) in [6.45, 7) is 8.05. The molecule has 2 amide bonds. The van der Waals surface area contributed by atoms with Gasteiger partial charge in [-0.3, -0.25) is 9.69 Å². The van der Waals surface area contributed by atoms with Crippen LogP contribution >= 0.6 is 0 Å². The molecule has 19 heavy (non-hydrogen) atoms. The first kappa shape index (κ1) is 15.8. The highest BCUT2D eigenvalue weighted by atomic mass is 16.4. The molecule has 1 atom stereocenters. The van der Waals surface area contributed by atoms with Crippen molar-refractivity contribution in [1.29, 1.82) is 0 Å². The molecule has 6 nitrogen and oxygen atoms in total. The zero-order valence-electron chi connectivity index (χ0n) is 12.0. The Labute approximate surface area is 114 Å². The van der Waals surface area contributed by atoms with Crippen molar-refractivity contribution in [2.75, 3.05) is 26.2 Å². The van der Waals surface area contributed by atoms with E-state index in [2.05, 4.69) is 10.6 Å². The largest absolute Gasteiger partial charge is 0.480 e. The summed E-state index contributed by atoms with van der Waals surface area (Å²) in [5.41, 5.74) is -0.244. The standard InChI is InChI=1S/C13H25N3O3/c1-13(2,3)15-12(19)14-7-10-5-4-6-16(8-10)9-11(17)18/h10H,4-9H2,1-3H3,(H,17,18)(H2,14,15,19). The number of urea groups is 1. The number of hydrogen-bond acceptors (Lipinski definition) is 3. The van der Waals surface area contributed by atoms with Gasteiger partial charge in [-0.05, 0) is 46.1 Å². The molecule has 1 heterocycles. The molecule has 0 spiro atoms. The Morgan fingerprint density at radius 1 is 1.37 bits per heavy atom. The average Bonchev–Trinajstić information content (AvgIpc) is 2.23. The molecule has 0 radical (unpaired) electrons. The summed E-state index contributed by atoms with van der Waals surface area (Å²) in [7, 11) is 0. The third-order valence-electron chi connectivity index (χ3n) is 3.00. The summed E-state index contributed by atoms with van der Waals surface area (Å²) >= 11 is 0. The minimum Gasteiger partial charge on any atom is -0.480 e. The molecule has 0 aromatic heterocycles. The Morgan fingerprint density at radius 3 is 2.63 bits per heavy atom. The van der Waals surface area contributed by atoms with Crippen LogP contribution in [0.1, 0.15) is 33.6 Å². The van der Waals surface area contributed by atoms with E-state index in [1.165, 1.54) is 0 Å². The molecule has 0 aromatic rings. The van der Waals surface area contributed by atoms with Crippen LogP contribution in [0, 0.1) is 5.92 Å². The number of rotatable bonds is 4. The van der Waals surface area contributed by atoms with Crippen LogP contribution in [0.15, 0.2) is 0 Å². The van der Waals surface area contributed by atoms with Crippen molar-refractivity contribution in [2.45, 2.75) is 39.2 Å². The molecule has 0 aromatic carbocycles. The first-order valence-corrected chi connectivity index (χ1v) is 6.76. The number of amides is 2. The van der Waals surface area contributed by atoms with E-state index >= 15 is 0 Å². The molecule has 1 unspecified atom stereocenters. The van der Waals surface area contributed by atoms with Gasteiger partial charge in [0.05, 0.1) is 6.54 Å². The second-order valence-electron chi connectivity index (χ2n) is 6.22. The Bertz CT molecular complexity index is 326. The van der Waals surface area contributed by atoms with Crippen LogP contribution in [-0.2, 0) is 4.79 Å². The van der Waals surface area contributed by atoms with Crippen molar-refractivity contribution < 1.29 is 14.7 Å². The van der Waals surface area contributed by atoms with Crippen LogP contribution in [0.4, 0.5) is 4.79 Å². The maximum Gasteiger partial charge on any atom is 0.317 e. The molecular formula is C13H25N3O3. The first-order chi connectivity index (χ1) is 8.76. The molecule has 1 aliphatic heterocycles. The van der Waals surface area contributed by atoms with E-state index in [0.29, 0.717) is 12.5 Å². The Morgan fingerprint density at radius 2 is 2.05 bits per heavy atom. The van der Waals surface area contributed by atoms with E-state index in [1.54, 1.807) is 0 Å². The minimum absolute atomic E-state index is 0.0880. The number of piperidine rings is 1. The Hall–Kier alpha value is -1.30. The van der Waals surface area contributed by atoms with Crippen LogP contribution in [0.3, 0.4) is 0 Å². The topological polar surface area (TPSA) is 81.7 Å². The van der Waals surface area contributed by atoms with E-state index in [4.69, 9.17) is 5.11 Å². The molecule has 0 aliphatic carbocycles. The predicted octanol–water partition coefficient (Wildman–Crippen LogP) is 0.881. The van der Waals surface area contributed by atoms with E-state index < -0.39 is 5.97 Å². The van der Waals surface area contributed by atoms with Crippen molar-refractivity contribution in [3.8, 4) is 0 Å². The third kappa shape index (κ3) is 7.00. The van der Waals surface area contributed by atoms with Gasteiger partial charge in [0, 0.05) is 18.6 Å². The van der Waals surface area contributed by atoms with E-state index in [0.717, 1.165) is 25.9 Å². The first-order valence-electron chi connectivity index (χ1n) is 6.76. The van der Waals surface area contributed by atoms with Crippen LogP contribution in [0.25, 0.3) is 0 Å². The van der Waals surface area contributed by atoms with Crippen molar-refractivity contribution in [3.63, 3.8) is 0 Å². The van der Waals surface area contributed by atoms with Crippen LogP contribution in [-0.4, -0.2) is 53.7 Å². The number of hydrogen-bond donors (Lipinski definition) is 3. The number of carbonyl (C=O) groups excluding carboxylic acids is 1. The quantitative estimate of drug-likeness (QED) is 0.709. The SMILES string of the molecule is CC(C)(C)NC(=O)NCC1CCCN(CC(=O)O)C1. The molecule has 110 valence electrons. The van der Waals surface area contributed by atoms with Crippen molar-refractivity contribution in [2.24, 2.45) is 5.92 Å². The summed E-state index contributed by atoms with van der Waals surface area (Å²) in [5, 5.41) is 14.5. The van der Waals surface area contributed by atoms with Gasteiger partial charge in [0.15, 0.2) is 0 Å². The molecule has 0 saturated carbocycles. The number of likely N-dealkylation sites (tertiary alicyclic amines) is 1. The highest BCUT2D eigenvalue weighted by Crippen LogP contribution is 2.15. The molecule has 1 aliphatic rings. The monoisotopic (exact) mass is 271 g/mol. The zero-order chi connectivity index (χ0) is 14.5. The summed E-state index contributed by atoms with van der Waals surface area (Å²) in [4.78, 5) is 24.2. The molecule has 3 N–H and O–H groups in total. The normalized spacial score (nSPS) is 20.9. The highest BCUT2D eigenvalue weighted by molar-refractivity contribution is 5.74. The van der Waals surface area contributed by atoms with Gasteiger partial charge in [-0.2, -0.15) is 0 Å². The summed E-state index contributed by atoms with van der Waals surface area (Å²) in [6.07, 6.45) is 2.02. The van der Waals surface area contributed by atoms with Gasteiger partial charge in [-0.15, -0.1) is 0 Å². The Kier molecular flexibility index (Phi) is 5.60. The van der Waals surface area contributed by atoms with E-state index in [9.17, 15) is 9.59 Å². The maximum absolute atomic E-state index is 11.6. The number of nitrogens with one attached hydrogen (secondary N) is 2. The summed E-state index contributed by atoms with van der Waals surface area (Å²) in [6, 6.07) is -0.164. The molecule has 6 heteroatoms. The maximum atomic E-state index is 11.6. The average molecular weight is 271 g/mol. The number of carbonyl (C=O) groups is 2. The smallest absolute Gasteiger partial charge is 0.317 e. The van der Waals surface area contributed by atoms with Gasteiger partial charge in [-0.25, -0.2) is 4.79 Å². The van der Waals surface area contributed by atoms with Crippen LogP contribution < -0.4 is 10.6 Å². The fourth-order valence-corrected chi connectivity index (χ4v) is 2.27. The lowest BCUT2D eigenvalue weighted by molar-refractivity contribution is -0.138. The predicted molar refractivity (Wildman–Crippen MR) is 73.1 cm³/mol. The van der Waals surface area contributed by atoms with Gasteiger partial charge in [0.2, 0.25) is 0 Å². The lowest BCUT2D eigenvalue weighted by Crippen LogP contribution is -2.49. The zero-order valence-corrected chi connectivity index (χ0v) is 12.0. The third-order valence-corrected chi connectivity index (χ3v) is 3.00. The fraction of sp³-hybridized carbons (Fsp3) is 0.846. The van der Waals surface area contributed by atoms with Crippen molar-refractivity contribution in [1.82, 2.24) is 15.5 Å². The number of carboxylic acid groups (broad SMARTS) is 1. The minimum atomic E-state index is -0.793. The molecular weight excluding hydrogens is 246 g/mol. The Balaban J connectivity index is 2.29. The van der Waals surface area contributed by atoms with Crippen molar-refractivity contribution >= 4 is 12.0 Å². The van der Waals surface area contributed by atoms with Gasteiger partial charge in [-0.1, -0.05) is 0 Å². The number of aliphatic carboxylic acids is 1. The fourth-order valence-electron chi connectivity index (χ4n) is 2.27. The molecule has 0 bridgehead atoms. The number of carboxylic acids is 1. The molecule has 1 rings (SSSR count). The van der Waals surface area contributed by atoms with Gasteiger partial charge in [0.1, 0.15) is 0 Å². The second-order valence-corrected chi connectivity index (χ2v) is 6.22.